The molecule has 0 radical (unpaired) electrons. The number of methoxy groups -OCH3 is 1. The highest BCUT2D eigenvalue weighted by atomic mass is 16.5. The van der Waals surface area contributed by atoms with Crippen molar-refractivity contribution in [2.24, 2.45) is 0 Å². The molecule has 2 aliphatic heterocycles. The molecule has 0 aliphatic carbocycles. The molecule has 2 heterocycles. The maximum atomic E-state index is 12.6. The van der Waals surface area contributed by atoms with E-state index in [9.17, 15) is 4.79 Å². The van der Waals surface area contributed by atoms with E-state index in [2.05, 4.69) is 21.9 Å². The number of ether oxygens (including phenoxy) is 1. The van der Waals surface area contributed by atoms with Crippen molar-refractivity contribution in [3.63, 3.8) is 0 Å². The van der Waals surface area contributed by atoms with Crippen LogP contribution in [0.3, 0.4) is 0 Å². The van der Waals surface area contributed by atoms with Crippen LogP contribution in [0.5, 0.6) is 5.75 Å². The van der Waals surface area contributed by atoms with Crippen LogP contribution in [-0.4, -0.2) is 68.6 Å². The zero-order valence-electron chi connectivity index (χ0n) is 14.7. The van der Waals surface area contributed by atoms with Crippen LogP contribution in [0.4, 0.5) is 5.69 Å². The van der Waals surface area contributed by atoms with Crippen molar-refractivity contribution < 1.29 is 9.53 Å². The number of carbonyl (C=O) groups is 1. The monoisotopic (exact) mass is 331 g/mol. The molecule has 2 fully saturated rings. The molecule has 2 saturated heterocycles. The molecule has 0 bridgehead atoms. The van der Waals surface area contributed by atoms with Crippen LogP contribution in [0.15, 0.2) is 24.3 Å². The first-order chi connectivity index (χ1) is 11.8. The number of benzene rings is 1. The van der Waals surface area contributed by atoms with Gasteiger partial charge in [-0.3, -0.25) is 9.69 Å². The summed E-state index contributed by atoms with van der Waals surface area (Å²) in [6.07, 6.45) is 5.09. The molecule has 132 valence electrons. The van der Waals surface area contributed by atoms with Gasteiger partial charge in [0.1, 0.15) is 5.75 Å². The summed E-state index contributed by atoms with van der Waals surface area (Å²) in [4.78, 5) is 19.3. The Morgan fingerprint density at radius 1 is 0.917 bits per heavy atom. The lowest BCUT2D eigenvalue weighted by Crippen LogP contribution is -2.51. The lowest BCUT2D eigenvalue weighted by Gasteiger charge is -2.37. The predicted octanol–water partition coefficient (Wildman–Crippen LogP) is 2.22. The maximum Gasteiger partial charge on any atom is 0.236 e. The van der Waals surface area contributed by atoms with Gasteiger partial charge < -0.3 is 14.5 Å². The van der Waals surface area contributed by atoms with E-state index < -0.39 is 0 Å². The van der Waals surface area contributed by atoms with Crippen molar-refractivity contribution in [3.05, 3.63) is 24.3 Å². The summed E-state index contributed by atoms with van der Waals surface area (Å²) in [7, 11) is 1.68. The third kappa shape index (κ3) is 4.41. The lowest BCUT2D eigenvalue weighted by atomic mass is 10.2. The van der Waals surface area contributed by atoms with Crippen LogP contribution < -0.4 is 9.64 Å². The smallest absolute Gasteiger partial charge is 0.236 e. The molecular formula is C19H29N3O2. The van der Waals surface area contributed by atoms with Crippen molar-refractivity contribution in [3.8, 4) is 5.75 Å². The van der Waals surface area contributed by atoms with Gasteiger partial charge in [-0.1, -0.05) is 12.8 Å². The largest absolute Gasteiger partial charge is 0.497 e. The highest BCUT2D eigenvalue weighted by Gasteiger charge is 2.23. The van der Waals surface area contributed by atoms with Crippen molar-refractivity contribution >= 4 is 11.6 Å². The molecule has 0 spiro atoms. The summed E-state index contributed by atoms with van der Waals surface area (Å²) in [6, 6.07) is 8.17. The maximum absolute atomic E-state index is 12.6. The number of carbonyl (C=O) groups excluding carboxylic acids is 1. The van der Waals surface area contributed by atoms with E-state index in [4.69, 9.17) is 4.74 Å². The fraction of sp³-hybridized carbons (Fsp3) is 0.632. The topological polar surface area (TPSA) is 36.0 Å². The highest BCUT2D eigenvalue weighted by Crippen LogP contribution is 2.20. The summed E-state index contributed by atoms with van der Waals surface area (Å²) in [6.45, 7) is 6.20. The molecule has 0 N–H and O–H groups in total. The van der Waals surface area contributed by atoms with Crippen LogP contribution >= 0.6 is 0 Å². The van der Waals surface area contributed by atoms with Crippen molar-refractivity contribution in [2.75, 3.05) is 57.8 Å². The molecule has 3 rings (SSSR count). The van der Waals surface area contributed by atoms with Gasteiger partial charge in [0.15, 0.2) is 0 Å². The molecule has 5 heteroatoms. The molecule has 1 amide bonds. The second-order valence-corrected chi connectivity index (χ2v) is 6.76. The second kappa shape index (κ2) is 8.38. The van der Waals surface area contributed by atoms with Crippen molar-refractivity contribution in [2.45, 2.75) is 25.7 Å². The van der Waals surface area contributed by atoms with Gasteiger partial charge in [-0.05, 0) is 50.2 Å². The molecular weight excluding hydrogens is 302 g/mol. The Kier molecular flexibility index (Phi) is 5.96. The average Bonchev–Trinajstić information content (AvgIpc) is 2.90. The normalized spacial score (nSPS) is 19.9. The van der Waals surface area contributed by atoms with Gasteiger partial charge in [-0.25, -0.2) is 0 Å². The fourth-order valence-corrected chi connectivity index (χ4v) is 3.59. The van der Waals surface area contributed by atoms with E-state index in [1.807, 2.05) is 17.0 Å². The molecule has 24 heavy (non-hydrogen) atoms. The number of nitrogens with zero attached hydrogens (tertiary/aromatic N) is 3. The number of likely N-dealkylation sites (tertiary alicyclic amines) is 1. The Morgan fingerprint density at radius 3 is 2.12 bits per heavy atom. The first kappa shape index (κ1) is 17.1. The number of anilines is 1. The van der Waals surface area contributed by atoms with E-state index in [0.29, 0.717) is 12.5 Å². The van der Waals surface area contributed by atoms with E-state index in [1.54, 1.807) is 7.11 Å². The first-order valence-electron chi connectivity index (χ1n) is 9.15. The summed E-state index contributed by atoms with van der Waals surface area (Å²) < 4.78 is 5.21. The van der Waals surface area contributed by atoms with E-state index in [1.165, 1.54) is 31.4 Å². The van der Waals surface area contributed by atoms with Gasteiger partial charge in [-0.15, -0.1) is 0 Å². The quantitative estimate of drug-likeness (QED) is 0.848. The van der Waals surface area contributed by atoms with E-state index in [0.717, 1.165) is 45.0 Å². The molecule has 1 aromatic carbocycles. The Balaban J connectivity index is 1.47. The number of hydrogen-bond acceptors (Lipinski definition) is 4. The zero-order chi connectivity index (χ0) is 16.8. The molecule has 0 unspecified atom stereocenters. The number of amides is 1. The van der Waals surface area contributed by atoms with Gasteiger partial charge in [-0.2, -0.15) is 0 Å². The number of piperazine rings is 1. The molecule has 0 atom stereocenters. The van der Waals surface area contributed by atoms with Gasteiger partial charge in [0.2, 0.25) is 5.91 Å². The van der Waals surface area contributed by atoms with E-state index >= 15 is 0 Å². The van der Waals surface area contributed by atoms with Crippen molar-refractivity contribution in [1.82, 2.24) is 9.80 Å². The van der Waals surface area contributed by atoms with Crippen LogP contribution in [0.1, 0.15) is 25.7 Å². The minimum Gasteiger partial charge on any atom is -0.497 e. The molecule has 1 aromatic rings. The minimum absolute atomic E-state index is 0.297. The third-order valence-corrected chi connectivity index (χ3v) is 5.13. The Labute approximate surface area is 145 Å². The molecule has 5 nitrogen and oxygen atoms in total. The predicted molar refractivity (Wildman–Crippen MR) is 96.7 cm³/mol. The molecule has 2 aliphatic rings. The van der Waals surface area contributed by atoms with Crippen LogP contribution in [-0.2, 0) is 4.79 Å². The summed E-state index contributed by atoms with van der Waals surface area (Å²) in [5, 5.41) is 0. The van der Waals surface area contributed by atoms with Gasteiger partial charge in [0.05, 0.1) is 13.7 Å². The Hall–Kier alpha value is -1.75. The first-order valence-corrected chi connectivity index (χ1v) is 9.15. The minimum atomic E-state index is 0.297. The van der Waals surface area contributed by atoms with Gasteiger partial charge in [0, 0.05) is 31.9 Å². The van der Waals surface area contributed by atoms with Crippen LogP contribution in [0, 0.1) is 0 Å². The van der Waals surface area contributed by atoms with Gasteiger partial charge in [0.25, 0.3) is 0 Å². The van der Waals surface area contributed by atoms with E-state index in [-0.39, 0.29) is 0 Å². The van der Waals surface area contributed by atoms with Crippen molar-refractivity contribution in [1.29, 1.82) is 0 Å². The summed E-state index contributed by atoms with van der Waals surface area (Å²) in [5.41, 5.74) is 1.20. The Bertz CT molecular complexity index is 516. The third-order valence-electron chi connectivity index (χ3n) is 5.13. The van der Waals surface area contributed by atoms with Gasteiger partial charge >= 0.3 is 0 Å². The Morgan fingerprint density at radius 2 is 1.54 bits per heavy atom. The number of rotatable bonds is 4. The lowest BCUT2D eigenvalue weighted by molar-refractivity contribution is -0.132. The summed E-state index contributed by atoms with van der Waals surface area (Å²) in [5.74, 6) is 1.18. The SMILES string of the molecule is COc1ccc(N2CCN(C(=O)CN3CCCCCC3)CC2)cc1. The standard InChI is InChI=1S/C19H29N3O2/c1-24-18-8-6-17(7-9-18)21-12-14-22(15-13-21)19(23)16-20-10-4-2-3-5-11-20/h6-9H,2-5,10-16H2,1H3. The summed E-state index contributed by atoms with van der Waals surface area (Å²) >= 11 is 0. The highest BCUT2D eigenvalue weighted by molar-refractivity contribution is 5.78. The number of hydrogen-bond donors (Lipinski definition) is 0. The molecule has 0 aromatic heterocycles. The molecule has 0 saturated carbocycles. The second-order valence-electron chi connectivity index (χ2n) is 6.76. The average molecular weight is 331 g/mol. The van der Waals surface area contributed by atoms with Crippen LogP contribution in [0.2, 0.25) is 0 Å². The van der Waals surface area contributed by atoms with Crippen LogP contribution in [0.25, 0.3) is 0 Å². The fourth-order valence-electron chi connectivity index (χ4n) is 3.59. The zero-order valence-corrected chi connectivity index (χ0v) is 14.7.